The van der Waals surface area contributed by atoms with E-state index in [1.165, 1.54) is 13.3 Å². The highest BCUT2D eigenvalue weighted by atomic mass is 16.5. The van der Waals surface area contributed by atoms with Crippen LogP contribution in [0.1, 0.15) is 40.1 Å². The molecule has 0 aliphatic heterocycles. The van der Waals surface area contributed by atoms with Crippen molar-refractivity contribution in [1.82, 2.24) is 9.97 Å². The molecule has 168 valence electrons. The molecular formula is C25H23N3O5. The number of aromatic carboxylic acids is 1. The zero-order valence-corrected chi connectivity index (χ0v) is 18.7. The third kappa shape index (κ3) is 4.15. The molecule has 0 spiro atoms. The number of aromatic nitrogens is 2. The topological polar surface area (TPSA) is 115 Å². The van der Waals surface area contributed by atoms with Crippen molar-refractivity contribution in [1.29, 1.82) is 0 Å². The standard InChI is InChI=1S/C25H23N3O5/c1-13-10-17(15(3)27-19-12-26-25(32-4)28-20(19)24(30)31)23-18(11-13)21(29)14(2)22(33-23)16-8-6-5-7-9-16/h5-12,15,27H,1-4H3,(H,30,31). The molecule has 1 unspecified atom stereocenters. The van der Waals surface area contributed by atoms with Crippen molar-refractivity contribution in [2.24, 2.45) is 0 Å². The van der Waals surface area contributed by atoms with Gasteiger partial charge in [-0.05, 0) is 32.4 Å². The van der Waals surface area contributed by atoms with E-state index in [0.29, 0.717) is 27.9 Å². The van der Waals surface area contributed by atoms with Gasteiger partial charge in [0.05, 0.1) is 30.4 Å². The molecule has 0 radical (unpaired) electrons. The third-order valence-corrected chi connectivity index (χ3v) is 5.42. The van der Waals surface area contributed by atoms with Crippen molar-refractivity contribution in [2.75, 3.05) is 12.4 Å². The predicted octanol–water partition coefficient (Wildman–Crippen LogP) is 4.75. The average molecular weight is 445 g/mol. The van der Waals surface area contributed by atoms with Crippen molar-refractivity contribution in [3.05, 3.63) is 81.3 Å². The van der Waals surface area contributed by atoms with Gasteiger partial charge in [-0.2, -0.15) is 4.98 Å². The van der Waals surface area contributed by atoms with E-state index in [-0.39, 0.29) is 22.8 Å². The highest BCUT2D eigenvalue weighted by molar-refractivity contribution is 5.92. The van der Waals surface area contributed by atoms with Gasteiger partial charge in [0.25, 0.3) is 0 Å². The molecule has 4 aromatic rings. The zero-order chi connectivity index (χ0) is 23.7. The molecule has 2 heterocycles. The van der Waals surface area contributed by atoms with Crippen molar-refractivity contribution < 1.29 is 19.1 Å². The molecule has 0 aliphatic carbocycles. The number of aryl methyl sites for hydroxylation is 1. The first-order chi connectivity index (χ1) is 15.8. The Hall–Kier alpha value is -4.20. The predicted molar refractivity (Wildman–Crippen MR) is 125 cm³/mol. The van der Waals surface area contributed by atoms with Crippen LogP contribution in [0.4, 0.5) is 5.69 Å². The summed E-state index contributed by atoms with van der Waals surface area (Å²) >= 11 is 0. The number of ether oxygens (including phenoxy) is 1. The van der Waals surface area contributed by atoms with Gasteiger partial charge in [-0.15, -0.1) is 0 Å². The number of hydrogen-bond acceptors (Lipinski definition) is 7. The monoisotopic (exact) mass is 445 g/mol. The minimum absolute atomic E-state index is 0.0411. The number of anilines is 1. The molecule has 0 aliphatic rings. The third-order valence-electron chi connectivity index (χ3n) is 5.42. The summed E-state index contributed by atoms with van der Waals surface area (Å²) in [6, 6.07) is 12.7. The molecule has 0 fully saturated rings. The van der Waals surface area contributed by atoms with Gasteiger partial charge in [-0.3, -0.25) is 4.79 Å². The Balaban J connectivity index is 1.87. The first-order valence-electron chi connectivity index (χ1n) is 10.3. The van der Waals surface area contributed by atoms with Crippen molar-refractivity contribution >= 4 is 22.6 Å². The molecular weight excluding hydrogens is 422 g/mol. The van der Waals surface area contributed by atoms with Crippen LogP contribution >= 0.6 is 0 Å². The second-order valence-corrected chi connectivity index (χ2v) is 7.77. The normalized spacial score (nSPS) is 11.9. The number of carboxylic acids is 1. The molecule has 33 heavy (non-hydrogen) atoms. The SMILES string of the molecule is COc1ncc(NC(C)c2cc(C)cc3c(=O)c(C)c(-c4ccccc4)oc23)c(C(=O)O)n1. The first kappa shape index (κ1) is 22.0. The molecule has 0 saturated carbocycles. The minimum atomic E-state index is -1.21. The smallest absolute Gasteiger partial charge is 0.356 e. The van der Waals surface area contributed by atoms with Gasteiger partial charge < -0.3 is 19.6 Å². The van der Waals surface area contributed by atoms with Gasteiger partial charge in [-0.25, -0.2) is 9.78 Å². The number of carbonyl (C=O) groups is 1. The minimum Gasteiger partial charge on any atom is -0.476 e. The Morgan fingerprint density at radius 2 is 1.91 bits per heavy atom. The zero-order valence-electron chi connectivity index (χ0n) is 18.7. The van der Waals surface area contributed by atoms with Crippen LogP contribution in [-0.4, -0.2) is 28.2 Å². The lowest BCUT2D eigenvalue weighted by atomic mass is 9.99. The van der Waals surface area contributed by atoms with E-state index in [1.807, 2.05) is 50.2 Å². The van der Waals surface area contributed by atoms with Gasteiger partial charge >= 0.3 is 12.0 Å². The summed E-state index contributed by atoms with van der Waals surface area (Å²) in [7, 11) is 1.36. The number of benzene rings is 2. The summed E-state index contributed by atoms with van der Waals surface area (Å²) in [6.07, 6.45) is 1.36. The van der Waals surface area contributed by atoms with Crippen LogP contribution in [-0.2, 0) is 0 Å². The van der Waals surface area contributed by atoms with Crippen LogP contribution in [0, 0.1) is 13.8 Å². The Morgan fingerprint density at radius 3 is 2.58 bits per heavy atom. The summed E-state index contributed by atoms with van der Waals surface area (Å²) in [6.45, 7) is 5.51. The molecule has 2 aromatic heterocycles. The lowest BCUT2D eigenvalue weighted by molar-refractivity contribution is 0.0690. The van der Waals surface area contributed by atoms with Crippen LogP contribution in [0.15, 0.2) is 57.9 Å². The van der Waals surface area contributed by atoms with E-state index in [9.17, 15) is 14.7 Å². The van der Waals surface area contributed by atoms with Gasteiger partial charge in [0.1, 0.15) is 11.3 Å². The number of fused-ring (bicyclic) bond motifs is 1. The average Bonchev–Trinajstić information content (AvgIpc) is 2.81. The van der Waals surface area contributed by atoms with Gasteiger partial charge in [0.2, 0.25) is 0 Å². The second-order valence-electron chi connectivity index (χ2n) is 7.77. The lowest BCUT2D eigenvalue weighted by Crippen LogP contribution is -2.15. The fraction of sp³-hybridized carbons (Fsp3) is 0.200. The van der Waals surface area contributed by atoms with E-state index >= 15 is 0 Å². The summed E-state index contributed by atoms with van der Waals surface area (Å²) in [5, 5.41) is 13.2. The van der Waals surface area contributed by atoms with E-state index in [0.717, 1.165) is 11.1 Å². The van der Waals surface area contributed by atoms with Crippen molar-refractivity contribution in [3.63, 3.8) is 0 Å². The van der Waals surface area contributed by atoms with E-state index < -0.39 is 12.0 Å². The van der Waals surface area contributed by atoms with E-state index in [1.54, 1.807) is 13.0 Å². The highest BCUT2D eigenvalue weighted by Crippen LogP contribution is 2.32. The summed E-state index contributed by atoms with van der Waals surface area (Å²) < 4.78 is 11.3. The molecule has 2 N–H and O–H groups in total. The molecule has 8 nitrogen and oxygen atoms in total. The molecule has 0 amide bonds. The van der Waals surface area contributed by atoms with E-state index in [4.69, 9.17) is 9.15 Å². The van der Waals surface area contributed by atoms with Crippen molar-refractivity contribution in [2.45, 2.75) is 26.8 Å². The fourth-order valence-corrected chi connectivity index (χ4v) is 3.80. The quantitative estimate of drug-likeness (QED) is 0.437. The molecule has 2 aromatic carbocycles. The van der Waals surface area contributed by atoms with Gasteiger partial charge in [0, 0.05) is 16.7 Å². The van der Waals surface area contributed by atoms with Gasteiger partial charge in [0.15, 0.2) is 11.1 Å². The van der Waals surface area contributed by atoms with E-state index in [2.05, 4.69) is 15.3 Å². The number of nitrogens with one attached hydrogen (secondary N) is 1. The number of methoxy groups -OCH3 is 1. The molecule has 1 atom stereocenters. The molecule has 8 heteroatoms. The summed E-state index contributed by atoms with van der Waals surface area (Å²) in [5.74, 6) is -0.711. The molecule has 0 saturated heterocycles. The largest absolute Gasteiger partial charge is 0.476 e. The number of carboxylic acid groups (broad SMARTS) is 1. The maximum Gasteiger partial charge on any atom is 0.356 e. The molecule has 4 rings (SSSR count). The molecule has 0 bridgehead atoms. The summed E-state index contributed by atoms with van der Waals surface area (Å²) in [4.78, 5) is 32.9. The highest BCUT2D eigenvalue weighted by Gasteiger charge is 2.21. The first-order valence-corrected chi connectivity index (χ1v) is 10.3. The van der Waals surface area contributed by atoms with Crippen LogP contribution in [0.2, 0.25) is 0 Å². The van der Waals surface area contributed by atoms with Crippen LogP contribution in [0.3, 0.4) is 0 Å². The Kier molecular flexibility index (Phi) is 5.83. The van der Waals surface area contributed by atoms with Crippen LogP contribution < -0.4 is 15.5 Å². The Bertz CT molecular complexity index is 1410. The number of nitrogens with zero attached hydrogens (tertiary/aromatic N) is 2. The number of rotatable bonds is 6. The maximum absolute atomic E-state index is 13.2. The van der Waals surface area contributed by atoms with Crippen LogP contribution in [0.25, 0.3) is 22.3 Å². The second kappa shape index (κ2) is 8.74. The van der Waals surface area contributed by atoms with Crippen LogP contribution in [0.5, 0.6) is 6.01 Å². The van der Waals surface area contributed by atoms with Crippen molar-refractivity contribution in [3.8, 4) is 17.3 Å². The lowest BCUT2D eigenvalue weighted by Gasteiger charge is -2.19. The Labute approximate surface area is 189 Å². The summed E-state index contributed by atoms with van der Waals surface area (Å²) in [5.41, 5.74) is 3.28. The van der Waals surface area contributed by atoms with Gasteiger partial charge in [-0.1, -0.05) is 36.4 Å². The fourth-order valence-electron chi connectivity index (χ4n) is 3.80. The Morgan fingerprint density at radius 1 is 1.18 bits per heavy atom. The number of hydrogen-bond donors (Lipinski definition) is 2. The maximum atomic E-state index is 13.2.